The maximum Gasteiger partial charge on any atom is 0.338 e. The monoisotopic (exact) mass is 371 g/mol. The number of rotatable bonds is 6. The minimum atomic E-state index is -0.909. The highest BCUT2D eigenvalue weighted by atomic mass is 32.2. The first-order valence-corrected chi connectivity index (χ1v) is 8.34. The molecule has 2 rings (SSSR count). The van der Waals surface area contributed by atoms with Crippen LogP contribution in [0.15, 0.2) is 29.3 Å². The Bertz CT molecular complexity index is 702. The molecule has 0 radical (unpaired) electrons. The maximum atomic E-state index is 13.1. The Kier molecular flexibility index (Phi) is 6.51. The molecule has 1 fully saturated rings. The van der Waals surface area contributed by atoms with E-state index in [4.69, 9.17) is 9.47 Å². The minimum absolute atomic E-state index is 0.0145. The van der Waals surface area contributed by atoms with E-state index in [1.165, 1.54) is 22.7 Å². The van der Waals surface area contributed by atoms with Crippen LogP contribution in [0.2, 0.25) is 0 Å². The average Bonchev–Trinajstić information content (AvgIpc) is 2.87. The van der Waals surface area contributed by atoms with Gasteiger partial charge in [0, 0.05) is 6.07 Å². The highest BCUT2D eigenvalue weighted by Gasteiger charge is 2.27. The lowest BCUT2D eigenvalue weighted by Crippen LogP contribution is -2.29. The summed E-state index contributed by atoms with van der Waals surface area (Å²) in [5.74, 6) is -3.34. The molecule has 1 amide bonds. The smallest absolute Gasteiger partial charge is 0.338 e. The second kappa shape index (κ2) is 8.61. The average molecular weight is 371 g/mol. The molecule has 0 aromatic heterocycles. The normalized spacial score (nSPS) is 15.6. The summed E-state index contributed by atoms with van der Waals surface area (Å²) in [6, 6.07) is 2.35. The van der Waals surface area contributed by atoms with Gasteiger partial charge in [-0.2, -0.15) is 0 Å². The number of thioether (sulfide) groups is 1. The van der Waals surface area contributed by atoms with E-state index >= 15 is 0 Å². The van der Waals surface area contributed by atoms with Crippen molar-refractivity contribution < 1.29 is 32.6 Å². The van der Waals surface area contributed by atoms with E-state index in [9.17, 15) is 23.2 Å². The van der Waals surface area contributed by atoms with Crippen LogP contribution in [0, 0.1) is 11.6 Å². The number of hydrogen-bond acceptors (Lipinski definition) is 6. The first-order chi connectivity index (χ1) is 11.9. The predicted octanol–water partition coefficient (Wildman–Crippen LogP) is 2.10. The molecule has 0 saturated carbocycles. The Labute approximate surface area is 146 Å². The van der Waals surface area contributed by atoms with Gasteiger partial charge in [-0.3, -0.25) is 4.79 Å². The zero-order chi connectivity index (χ0) is 18.4. The fourth-order valence-electron chi connectivity index (χ4n) is 2.04. The molecular formula is C16H15F2NO5S. The Morgan fingerprint density at radius 3 is 2.56 bits per heavy atom. The molecule has 1 aliphatic heterocycles. The number of halogens is 2. The van der Waals surface area contributed by atoms with Crippen LogP contribution in [0.4, 0.5) is 8.78 Å². The van der Waals surface area contributed by atoms with Crippen molar-refractivity contribution in [1.29, 1.82) is 0 Å². The van der Waals surface area contributed by atoms with Crippen LogP contribution in [0.1, 0.15) is 17.3 Å². The topological polar surface area (TPSA) is 72.9 Å². The quantitative estimate of drug-likeness (QED) is 0.563. The number of ether oxygens (including phenoxy) is 2. The van der Waals surface area contributed by atoms with E-state index in [-0.39, 0.29) is 37.0 Å². The molecule has 0 spiro atoms. The van der Waals surface area contributed by atoms with Gasteiger partial charge in [0.25, 0.3) is 0 Å². The molecule has 25 heavy (non-hydrogen) atoms. The third-order valence-corrected chi connectivity index (χ3v) is 4.11. The van der Waals surface area contributed by atoms with Gasteiger partial charge in [-0.05, 0) is 19.1 Å². The molecular weight excluding hydrogens is 356 g/mol. The zero-order valence-electron chi connectivity index (χ0n) is 13.3. The fraction of sp³-hybridized carbons (Fsp3) is 0.312. The lowest BCUT2D eigenvalue weighted by atomic mass is 10.2. The van der Waals surface area contributed by atoms with E-state index < -0.39 is 23.6 Å². The van der Waals surface area contributed by atoms with Crippen molar-refractivity contribution in [1.82, 2.24) is 4.90 Å². The number of carbonyl (C=O) groups excluding carboxylic acids is 3. The number of nitrogens with zero attached hydrogens (tertiary/aromatic N) is 1. The summed E-state index contributed by atoms with van der Waals surface area (Å²) in [5, 5.41) is 0.399. The summed E-state index contributed by atoms with van der Waals surface area (Å²) in [6.45, 7) is 1.70. The Morgan fingerprint density at radius 2 is 1.92 bits per heavy atom. The van der Waals surface area contributed by atoms with E-state index in [0.717, 1.165) is 12.1 Å². The zero-order valence-corrected chi connectivity index (χ0v) is 14.1. The van der Waals surface area contributed by atoms with Crippen molar-refractivity contribution in [2.45, 2.75) is 6.92 Å². The molecule has 1 saturated heterocycles. The van der Waals surface area contributed by atoms with Crippen molar-refractivity contribution in [3.05, 3.63) is 46.5 Å². The van der Waals surface area contributed by atoms with Gasteiger partial charge in [0.1, 0.15) is 18.2 Å². The van der Waals surface area contributed by atoms with Crippen LogP contribution in [0.5, 0.6) is 0 Å². The van der Waals surface area contributed by atoms with Crippen molar-refractivity contribution in [2.75, 3.05) is 25.5 Å². The van der Waals surface area contributed by atoms with Crippen LogP contribution in [-0.4, -0.2) is 48.3 Å². The van der Waals surface area contributed by atoms with Crippen molar-refractivity contribution in [2.24, 2.45) is 0 Å². The molecule has 0 atom stereocenters. The molecule has 0 bridgehead atoms. The van der Waals surface area contributed by atoms with Crippen LogP contribution in [0.3, 0.4) is 0 Å². The lowest BCUT2D eigenvalue weighted by Gasteiger charge is -2.16. The van der Waals surface area contributed by atoms with Gasteiger partial charge in [-0.1, -0.05) is 11.8 Å². The highest BCUT2D eigenvalue weighted by molar-refractivity contribution is 8.04. The first kappa shape index (κ1) is 18.9. The Morgan fingerprint density at radius 1 is 1.24 bits per heavy atom. The summed E-state index contributed by atoms with van der Waals surface area (Å²) >= 11 is 1.17. The highest BCUT2D eigenvalue weighted by Crippen LogP contribution is 2.28. The molecule has 0 N–H and O–H groups in total. The summed E-state index contributed by atoms with van der Waals surface area (Å²) in [5.41, 5.74) is -0.262. The van der Waals surface area contributed by atoms with Gasteiger partial charge in [0.2, 0.25) is 5.91 Å². The molecule has 0 aliphatic carbocycles. The molecule has 134 valence electrons. The van der Waals surface area contributed by atoms with Crippen molar-refractivity contribution >= 4 is 29.6 Å². The maximum absolute atomic E-state index is 13.1. The number of benzene rings is 1. The van der Waals surface area contributed by atoms with Crippen LogP contribution in [0.25, 0.3) is 0 Å². The SMILES string of the molecule is CCOC(=O)/C=C1\SCC(=O)N1CCOC(=O)c1cc(F)cc(F)c1. The van der Waals surface area contributed by atoms with Crippen molar-refractivity contribution in [3.63, 3.8) is 0 Å². The standard InChI is InChI=1S/C16H15F2NO5S/c1-2-23-15(21)8-14-19(13(20)9-25-14)3-4-24-16(22)10-5-11(17)7-12(18)6-10/h5-8H,2-4,9H2,1H3/b14-8-. The van der Waals surface area contributed by atoms with Crippen LogP contribution in [-0.2, 0) is 19.1 Å². The third-order valence-electron chi connectivity index (χ3n) is 3.08. The molecule has 1 heterocycles. The number of amides is 1. The largest absolute Gasteiger partial charge is 0.463 e. The molecule has 6 nitrogen and oxygen atoms in total. The number of hydrogen-bond donors (Lipinski definition) is 0. The summed E-state index contributed by atoms with van der Waals surface area (Å²) in [7, 11) is 0. The minimum Gasteiger partial charge on any atom is -0.463 e. The van der Waals surface area contributed by atoms with E-state index in [2.05, 4.69) is 0 Å². The second-order valence-corrected chi connectivity index (χ2v) is 5.86. The Hall–Kier alpha value is -2.42. The summed E-state index contributed by atoms with van der Waals surface area (Å²) in [4.78, 5) is 36.4. The molecule has 0 unspecified atom stereocenters. The van der Waals surface area contributed by atoms with Gasteiger partial charge in [0.05, 0.1) is 35.6 Å². The molecule has 9 heteroatoms. The summed E-state index contributed by atoms with van der Waals surface area (Å²) in [6.07, 6.45) is 1.20. The predicted molar refractivity (Wildman–Crippen MR) is 85.5 cm³/mol. The molecule has 1 aromatic carbocycles. The van der Waals surface area contributed by atoms with E-state index in [0.29, 0.717) is 11.1 Å². The van der Waals surface area contributed by atoms with Crippen LogP contribution < -0.4 is 0 Å². The van der Waals surface area contributed by atoms with E-state index in [1.54, 1.807) is 6.92 Å². The molecule has 1 aromatic rings. The van der Waals surface area contributed by atoms with Gasteiger partial charge in [-0.25, -0.2) is 18.4 Å². The van der Waals surface area contributed by atoms with Gasteiger partial charge < -0.3 is 14.4 Å². The Balaban J connectivity index is 1.93. The van der Waals surface area contributed by atoms with Crippen LogP contribution >= 0.6 is 11.8 Å². The number of carbonyl (C=O) groups is 3. The molecule has 1 aliphatic rings. The number of esters is 2. The van der Waals surface area contributed by atoms with Gasteiger partial charge in [0.15, 0.2) is 0 Å². The first-order valence-electron chi connectivity index (χ1n) is 7.35. The lowest BCUT2D eigenvalue weighted by molar-refractivity contribution is -0.137. The van der Waals surface area contributed by atoms with Gasteiger partial charge >= 0.3 is 11.9 Å². The summed E-state index contributed by atoms with van der Waals surface area (Å²) < 4.78 is 35.9. The van der Waals surface area contributed by atoms with Crippen molar-refractivity contribution in [3.8, 4) is 0 Å². The van der Waals surface area contributed by atoms with E-state index in [1.807, 2.05) is 0 Å². The fourth-order valence-corrected chi connectivity index (χ4v) is 2.99. The second-order valence-electron chi connectivity index (χ2n) is 4.86. The van der Waals surface area contributed by atoms with Gasteiger partial charge in [-0.15, -0.1) is 0 Å². The third kappa shape index (κ3) is 5.28.